The van der Waals surface area contributed by atoms with E-state index >= 15 is 0 Å². The molecule has 0 bridgehead atoms. The molecule has 5 nitrogen and oxygen atoms in total. The van der Waals surface area contributed by atoms with Crippen LogP contribution >= 0.6 is 20.2 Å². The molecular weight excluding hydrogens is 441 g/mol. The van der Waals surface area contributed by atoms with Crippen molar-refractivity contribution in [2.45, 2.75) is 41.5 Å². The molecule has 0 aliphatic heterocycles. The average molecular weight is 466 g/mol. The molecule has 1 amide bonds. The van der Waals surface area contributed by atoms with E-state index in [-0.39, 0.29) is 13.1 Å². The molecule has 0 unspecified atom stereocenters. The predicted molar refractivity (Wildman–Crippen MR) is 114 cm³/mol. The number of nitrogens with zero attached hydrogens (tertiary/aromatic N) is 2. The normalized spacial score (nSPS) is 11.9. The quantitative estimate of drug-likeness (QED) is 0.417. The van der Waals surface area contributed by atoms with E-state index in [2.05, 4.69) is 42.9 Å². The van der Waals surface area contributed by atoms with E-state index in [1.165, 1.54) is 5.56 Å². The molecule has 0 atom stereocenters. The van der Waals surface area contributed by atoms with Crippen molar-refractivity contribution < 1.29 is 22.7 Å². The standard InChI is InChI=1S/C20H25N3O2.2ClH.Fe/c1-7-25-20(24)22-16(6)18-9-8-17(23-18)15(5)21-19-13(3)10-12(2)11-14(19)4;;;/h8-11,23H,7H2,1-6H3;2*1H;/q;;;+2/p-2/b21-15?,22-16+;;;. The fourth-order valence-electron chi connectivity index (χ4n) is 2.75. The number of benzene rings is 1. The first-order valence-electron chi connectivity index (χ1n) is 8.63. The van der Waals surface area contributed by atoms with Crippen LogP contribution in [0.25, 0.3) is 0 Å². The minimum absolute atomic E-state index is 0.194. The summed E-state index contributed by atoms with van der Waals surface area (Å²) in [5.74, 6) is 0. The van der Waals surface area contributed by atoms with Gasteiger partial charge in [-0.15, -0.1) is 0 Å². The summed E-state index contributed by atoms with van der Waals surface area (Å²) in [4.78, 5) is 23.4. The number of nitrogens with one attached hydrogen (secondary N) is 1. The molecule has 1 N–H and O–H groups in total. The van der Waals surface area contributed by atoms with E-state index < -0.39 is 6.09 Å². The number of aliphatic imine (C=N–C) groups is 2. The summed E-state index contributed by atoms with van der Waals surface area (Å²) in [6.45, 7) is 12.0. The zero-order valence-electron chi connectivity index (χ0n) is 16.8. The van der Waals surface area contributed by atoms with Crippen LogP contribution in [0.2, 0.25) is 0 Å². The summed E-state index contributed by atoms with van der Waals surface area (Å²) in [7, 11) is 9.53. The van der Waals surface area contributed by atoms with Crippen LogP contribution in [0.1, 0.15) is 48.8 Å². The molecule has 0 saturated carbocycles. The molecule has 2 rings (SSSR count). The summed E-state index contributed by atoms with van der Waals surface area (Å²) in [5, 5.41) is 0. The van der Waals surface area contributed by atoms with Crippen LogP contribution < -0.4 is 0 Å². The molecule has 0 spiro atoms. The third-order valence-electron chi connectivity index (χ3n) is 3.91. The fourth-order valence-corrected chi connectivity index (χ4v) is 2.75. The molecule has 1 aromatic heterocycles. The van der Waals surface area contributed by atoms with Gasteiger partial charge >= 0.3 is 39.4 Å². The SMILES string of the molecule is CCOC(=O)/N=C(\C)c1ccc(C(C)=Nc2c(C)cc(C)cc2C)[nH]1.[Cl][Fe][Cl]. The van der Waals surface area contributed by atoms with E-state index in [4.69, 9.17) is 29.9 Å². The van der Waals surface area contributed by atoms with Crippen LogP contribution in [-0.4, -0.2) is 29.1 Å². The number of aromatic nitrogens is 1. The Morgan fingerprint density at radius 3 is 2.07 bits per heavy atom. The Morgan fingerprint density at radius 1 is 1.07 bits per heavy atom. The zero-order valence-corrected chi connectivity index (χ0v) is 19.5. The number of carbonyl (C=O) groups excluding carboxylic acids is 1. The van der Waals surface area contributed by atoms with E-state index in [0.29, 0.717) is 12.3 Å². The van der Waals surface area contributed by atoms with Crippen molar-refractivity contribution in [3.8, 4) is 0 Å². The van der Waals surface area contributed by atoms with E-state index in [9.17, 15) is 4.79 Å². The van der Waals surface area contributed by atoms with Crippen molar-refractivity contribution in [2.24, 2.45) is 9.98 Å². The molecule has 0 aliphatic rings. The van der Waals surface area contributed by atoms with Crippen LogP contribution in [0.3, 0.4) is 0 Å². The second kappa shape index (κ2) is 12.1. The van der Waals surface area contributed by atoms with Gasteiger partial charge in [-0.1, -0.05) is 17.7 Å². The molecule has 154 valence electrons. The number of amides is 1. The summed E-state index contributed by atoms with van der Waals surface area (Å²) in [6.07, 6.45) is -0.576. The molecule has 8 heteroatoms. The molecule has 0 aliphatic carbocycles. The Bertz CT molecular complexity index is 853. The third-order valence-corrected chi connectivity index (χ3v) is 3.91. The molecule has 2 aromatic rings. The van der Waals surface area contributed by atoms with E-state index in [1.807, 2.05) is 19.1 Å². The van der Waals surface area contributed by atoms with Crippen LogP contribution in [0.15, 0.2) is 34.3 Å². The minimum atomic E-state index is -0.576. The van der Waals surface area contributed by atoms with Crippen LogP contribution in [0, 0.1) is 20.8 Å². The van der Waals surface area contributed by atoms with Crippen LogP contribution in [0.4, 0.5) is 10.5 Å². The molecule has 0 fully saturated rings. The number of aromatic amines is 1. The van der Waals surface area contributed by atoms with Crippen molar-refractivity contribution in [3.63, 3.8) is 0 Å². The number of carbonyl (C=O) groups is 1. The Morgan fingerprint density at radius 2 is 1.57 bits per heavy atom. The van der Waals surface area contributed by atoms with Gasteiger partial charge in [-0.25, -0.2) is 4.79 Å². The van der Waals surface area contributed by atoms with Gasteiger partial charge < -0.3 is 9.72 Å². The number of rotatable bonds is 4. The van der Waals surface area contributed by atoms with Crippen molar-refractivity contribution in [1.29, 1.82) is 0 Å². The number of hydrogen-bond acceptors (Lipinski definition) is 3. The Kier molecular flexibility index (Phi) is 10.5. The molecule has 0 saturated heterocycles. The van der Waals surface area contributed by atoms with Crippen LogP contribution in [-0.2, 0) is 17.9 Å². The topological polar surface area (TPSA) is 66.8 Å². The Balaban J connectivity index is 0.00000122. The summed E-state index contributed by atoms with van der Waals surface area (Å²) in [5.41, 5.74) is 7.68. The molecule has 1 heterocycles. The van der Waals surface area contributed by atoms with Gasteiger partial charge in [-0.3, -0.25) is 4.99 Å². The Hall–Kier alpha value is -1.59. The molecule has 1 aromatic carbocycles. The maximum absolute atomic E-state index is 11.5. The van der Waals surface area contributed by atoms with Gasteiger partial charge in [0.25, 0.3) is 0 Å². The Labute approximate surface area is 181 Å². The first-order chi connectivity index (χ1) is 13.2. The van der Waals surface area contributed by atoms with Crippen molar-refractivity contribution in [3.05, 3.63) is 52.3 Å². The van der Waals surface area contributed by atoms with Crippen molar-refractivity contribution in [2.75, 3.05) is 6.61 Å². The van der Waals surface area contributed by atoms with Crippen molar-refractivity contribution in [1.82, 2.24) is 4.98 Å². The molecular formula is C20H25Cl2FeN3O2. The monoisotopic (exact) mass is 465 g/mol. The fraction of sp³-hybridized carbons (Fsp3) is 0.350. The first-order valence-corrected chi connectivity index (χ1v) is 11.7. The van der Waals surface area contributed by atoms with Gasteiger partial charge in [0, 0.05) is 0 Å². The molecule has 0 radical (unpaired) electrons. The van der Waals surface area contributed by atoms with Gasteiger partial charge in [-0.2, -0.15) is 4.99 Å². The maximum atomic E-state index is 11.5. The summed E-state index contributed by atoms with van der Waals surface area (Å²) < 4.78 is 4.84. The predicted octanol–water partition coefficient (Wildman–Crippen LogP) is 6.42. The number of aryl methyl sites for hydroxylation is 3. The second-order valence-electron chi connectivity index (χ2n) is 6.18. The summed E-state index contributed by atoms with van der Waals surface area (Å²) >= 11 is 0.194. The van der Waals surface area contributed by atoms with E-state index in [1.54, 1.807) is 13.8 Å². The number of H-pyrrole nitrogens is 1. The number of hydrogen-bond donors (Lipinski definition) is 1. The van der Waals surface area contributed by atoms with Gasteiger partial charge in [0.1, 0.15) is 0 Å². The van der Waals surface area contributed by atoms with E-state index in [0.717, 1.165) is 33.9 Å². The first kappa shape index (κ1) is 24.4. The van der Waals surface area contributed by atoms with Gasteiger partial charge in [-0.05, 0) is 64.8 Å². The zero-order chi connectivity index (χ0) is 21.3. The third kappa shape index (κ3) is 7.44. The summed E-state index contributed by atoms with van der Waals surface area (Å²) in [6, 6.07) is 8.10. The number of halogens is 2. The second-order valence-corrected chi connectivity index (χ2v) is 8.00. The molecule has 28 heavy (non-hydrogen) atoms. The van der Waals surface area contributed by atoms with Crippen LogP contribution in [0.5, 0.6) is 0 Å². The average Bonchev–Trinajstić information content (AvgIpc) is 3.09. The van der Waals surface area contributed by atoms with Gasteiger partial charge in [0.05, 0.1) is 35.1 Å². The van der Waals surface area contributed by atoms with Crippen molar-refractivity contribution >= 4 is 43.4 Å². The van der Waals surface area contributed by atoms with Gasteiger partial charge in [0.15, 0.2) is 0 Å². The number of ether oxygens (including phenoxy) is 1. The van der Waals surface area contributed by atoms with Gasteiger partial charge in [0.2, 0.25) is 0 Å².